The molecule has 1 aliphatic heterocycles. The van der Waals surface area contributed by atoms with Gasteiger partial charge in [-0.15, -0.1) is 12.4 Å². The number of carbonyl (C=O) groups excluding carboxylic acids is 1. The van der Waals surface area contributed by atoms with E-state index >= 15 is 0 Å². The summed E-state index contributed by atoms with van der Waals surface area (Å²) in [6, 6.07) is 8.33. The topological polar surface area (TPSA) is 41.1 Å². The lowest BCUT2D eigenvalue weighted by atomic mass is 9.78. The number of hydrogen-bond acceptors (Lipinski definition) is 2. The third kappa shape index (κ3) is 4.53. The first-order valence-corrected chi connectivity index (χ1v) is 9.75. The number of rotatable bonds is 5. The quantitative estimate of drug-likeness (QED) is 0.757. The van der Waals surface area contributed by atoms with Crippen molar-refractivity contribution in [1.82, 2.24) is 10.6 Å². The van der Waals surface area contributed by atoms with Crippen LogP contribution in [0, 0.1) is 5.92 Å². The van der Waals surface area contributed by atoms with Gasteiger partial charge in [0, 0.05) is 11.0 Å². The summed E-state index contributed by atoms with van der Waals surface area (Å²) in [6.07, 6.45) is 7.90. The summed E-state index contributed by atoms with van der Waals surface area (Å²) in [7, 11) is 0. The Hall–Kier alpha value is -0.580. The van der Waals surface area contributed by atoms with Gasteiger partial charge in [0.05, 0.1) is 5.41 Å². The van der Waals surface area contributed by atoms with E-state index in [1.807, 2.05) is 0 Å². The van der Waals surface area contributed by atoms with E-state index in [4.69, 9.17) is 0 Å². The molecule has 2 N–H and O–H groups in total. The van der Waals surface area contributed by atoms with Gasteiger partial charge < -0.3 is 10.6 Å². The molecule has 0 radical (unpaired) electrons. The maximum Gasteiger partial charge on any atom is 0.230 e. The molecule has 5 heteroatoms. The molecular formula is C19H28BrClN2O. The van der Waals surface area contributed by atoms with Gasteiger partial charge in [0.2, 0.25) is 5.91 Å². The maximum absolute atomic E-state index is 13.0. The second kappa shape index (κ2) is 9.21. The molecule has 1 atom stereocenters. The molecule has 0 bridgehead atoms. The predicted molar refractivity (Wildman–Crippen MR) is 105 cm³/mol. The molecule has 24 heavy (non-hydrogen) atoms. The summed E-state index contributed by atoms with van der Waals surface area (Å²) in [5.41, 5.74) is 0.876. The van der Waals surface area contributed by atoms with Gasteiger partial charge >= 0.3 is 0 Å². The minimum Gasteiger partial charge on any atom is -0.355 e. The second-order valence-electron chi connectivity index (χ2n) is 7.05. The molecule has 2 aliphatic rings. The average molecular weight is 416 g/mol. The Morgan fingerprint density at radius 1 is 1.21 bits per heavy atom. The van der Waals surface area contributed by atoms with E-state index in [9.17, 15) is 4.79 Å². The highest BCUT2D eigenvalue weighted by Crippen LogP contribution is 2.41. The maximum atomic E-state index is 13.0. The van der Waals surface area contributed by atoms with Crippen LogP contribution in [0.5, 0.6) is 0 Å². The smallest absolute Gasteiger partial charge is 0.230 e. The Bertz CT molecular complexity index is 523. The lowest BCUT2D eigenvalue weighted by Crippen LogP contribution is -2.43. The van der Waals surface area contributed by atoms with Crippen molar-refractivity contribution in [2.45, 2.75) is 50.4 Å². The molecule has 1 amide bonds. The zero-order valence-electron chi connectivity index (χ0n) is 14.2. The van der Waals surface area contributed by atoms with Crippen LogP contribution in [0.25, 0.3) is 0 Å². The lowest BCUT2D eigenvalue weighted by Gasteiger charge is -2.29. The predicted octanol–water partition coefficient (Wildman–Crippen LogP) is 4.19. The highest BCUT2D eigenvalue weighted by Gasteiger charge is 2.42. The molecule has 0 spiro atoms. The van der Waals surface area contributed by atoms with Gasteiger partial charge in [-0.1, -0.05) is 40.9 Å². The average Bonchev–Trinajstić information content (AvgIpc) is 3.07. The van der Waals surface area contributed by atoms with Crippen LogP contribution in [-0.4, -0.2) is 25.5 Å². The van der Waals surface area contributed by atoms with E-state index in [2.05, 4.69) is 50.8 Å². The van der Waals surface area contributed by atoms with Crippen molar-refractivity contribution < 1.29 is 4.79 Å². The van der Waals surface area contributed by atoms with Crippen LogP contribution in [-0.2, 0) is 10.2 Å². The van der Waals surface area contributed by atoms with E-state index in [0.717, 1.165) is 62.1 Å². The van der Waals surface area contributed by atoms with Crippen molar-refractivity contribution in [3.05, 3.63) is 34.3 Å². The zero-order chi connectivity index (χ0) is 16.1. The third-order valence-corrected chi connectivity index (χ3v) is 6.05. The number of benzene rings is 1. The largest absolute Gasteiger partial charge is 0.355 e. The second-order valence-corrected chi connectivity index (χ2v) is 7.97. The van der Waals surface area contributed by atoms with Crippen LogP contribution in [0.1, 0.15) is 50.5 Å². The van der Waals surface area contributed by atoms with Crippen molar-refractivity contribution in [3.63, 3.8) is 0 Å². The standard InChI is InChI=1S/C19H27BrN2O.ClH/c20-17-7-5-16(6-8-17)19(10-1-2-11-19)18(23)22-13-9-15-4-3-12-21-14-15;/h5-8,15,21H,1-4,9-14H2,(H,22,23);1H. The summed E-state index contributed by atoms with van der Waals surface area (Å²) in [5.74, 6) is 0.956. The number of carbonyl (C=O) groups is 1. The SMILES string of the molecule is Cl.O=C(NCCC1CCCNC1)C1(c2ccc(Br)cc2)CCCC1. The van der Waals surface area contributed by atoms with Crippen molar-refractivity contribution in [2.24, 2.45) is 5.92 Å². The van der Waals surface area contributed by atoms with Gasteiger partial charge in [0.1, 0.15) is 0 Å². The van der Waals surface area contributed by atoms with E-state index < -0.39 is 0 Å². The molecule has 134 valence electrons. The van der Waals surface area contributed by atoms with Crippen molar-refractivity contribution in [2.75, 3.05) is 19.6 Å². The number of amides is 1. The summed E-state index contributed by atoms with van der Waals surface area (Å²) in [4.78, 5) is 13.0. The van der Waals surface area contributed by atoms with Crippen LogP contribution < -0.4 is 10.6 Å². The lowest BCUT2D eigenvalue weighted by molar-refractivity contribution is -0.126. The van der Waals surface area contributed by atoms with Gasteiger partial charge in [0.25, 0.3) is 0 Å². The fourth-order valence-electron chi connectivity index (χ4n) is 4.12. The molecule has 1 aromatic carbocycles. The summed E-state index contributed by atoms with van der Waals surface area (Å²) in [6.45, 7) is 3.06. The Morgan fingerprint density at radius 2 is 1.92 bits per heavy atom. The molecule has 1 aliphatic carbocycles. The van der Waals surface area contributed by atoms with Crippen molar-refractivity contribution >= 4 is 34.2 Å². The molecule has 1 heterocycles. The van der Waals surface area contributed by atoms with Crippen LogP contribution in [0.3, 0.4) is 0 Å². The third-order valence-electron chi connectivity index (χ3n) is 5.53. The molecule has 1 saturated heterocycles. The highest BCUT2D eigenvalue weighted by molar-refractivity contribution is 9.10. The number of nitrogens with one attached hydrogen (secondary N) is 2. The fraction of sp³-hybridized carbons (Fsp3) is 0.632. The van der Waals surface area contributed by atoms with Crippen LogP contribution in [0.4, 0.5) is 0 Å². The highest BCUT2D eigenvalue weighted by atomic mass is 79.9. The Balaban J connectivity index is 0.00000208. The van der Waals surface area contributed by atoms with Crippen LogP contribution in [0.2, 0.25) is 0 Å². The molecule has 3 rings (SSSR count). The number of piperidine rings is 1. The van der Waals surface area contributed by atoms with Crippen LogP contribution >= 0.6 is 28.3 Å². The van der Waals surface area contributed by atoms with Crippen molar-refractivity contribution in [1.29, 1.82) is 0 Å². The number of halogens is 2. The molecule has 1 unspecified atom stereocenters. The summed E-state index contributed by atoms with van der Waals surface area (Å²) >= 11 is 3.49. The van der Waals surface area contributed by atoms with Gasteiger partial charge in [-0.25, -0.2) is 0 Å². The van der Waals surface area contributed by atoms with E-state index in [-0.39, 0.29) is 23.7 Å². The van der Waals surface area contributed by atoms with E-state index in [0.29, 0.717) is 0 Å². The molecule has 1 aromatic rings. The Morgan fingerprint density at radius 3 is 2.54 bits per heavy atom. The van der Waals surface area contributed by atoms with E-state index in [1.165, 1.54) is 18.4 Å². The zero-order valence-corrected chi connectivity index (χ0v) is 16.6. The fourth-order valence-corrected chi connectivity index (χ4v) is 4.39. The first-order chi connectivity index (χ1) is 11.2. The number of hydrogen-bond donors (Lipinski definition) is 2. The Labute approximate surface area is 159 Å². The molecule has 1 saturated carbocycles. The van der Waals surface area contributed by atoms with Gasteiger partial charge in [-0.3, -0.25) is 4.79 Å². The minimum atomic E-state index is -0.300. The monoisotopic (exact) mass is 414 g/mol. The van der Waals surface area contributed by atoms with Gasteiger partial charge in [-0.05, 0) is 68.8 Å². The van der Waals surface area contributed by atoms with Gasteiger partial charge in [0.15, 0.2) is 0 Å². The first-order valence-electron chi connectivity index (χ1n) is 8.96. The van der Waals surface area contributed by atoms with E-state index in [1.54, 1.807) is 0 Å². The summed E-state index contributed by atoms with van der Waals surface area (Å²) in [5, 5.41) is 6.70. The van der Waals surface area contributed by atoms with Gasteiger partial charge in [-0.2, -0.15) is 0 Å². The molecular weight excluding hydrogens is 388 g/mol. The van der Waals surface area contributed by atoms with Crippen LogP contribution in [0.15, 0.2) is 28.7 Å². The van der Waals surface area contributed by atoms with Crippen molar-refractivity contribution in [3.8, 4) is 0 Å². The minimum absolute atomic E-state index is 0. The Kier molecular flexibility index (Phi) is 7.58. The molecule has 0 aromatic heterocycles. The summed E-state index contributed by atoms with van der Waals surface area (Å²) < 4.78 is 1.07. The normalized spacial score (nSPS) is 22.6. The first kappa shape index (κ1) is 19.7. The molecule has 2 fully saturated rings. The molecule has 3 nitrogen and oxygen atoms in total.